The number of aromatic amines is 1. The molecule has 2 aromatic heterocycles. The van der Waals surface area contributed by atoms with E-state index in [-0.39, 0.29) is 12.2 Å². The van der Waals surface area contributed by atoms with Crippen LogP contribution < -0.4 is 14.9 Å². The van der Waals surface area contributed by atoms with Crippen molar-refractivity contribution in [2.45, 2.75) is 24.8 Å². The summed E-state index contributed by atoms with van der Waals surface area (Å²) in [5.41, 5.74) is 3.57. The van der Waals surface area contributed by atoms with Gasteiger partial charge in [0.1, 0.15) is 0 Å². The molecule has 2 aromatic carbocycles. The lowest BCUT2D eigenvalue weighted by molar-refractivity contribution is -0.139. The highest BCUT2D eigenvalue weighted by atomic mass is 32.2. The lowest BCUT2D eigenvalue weighted by atomic mass is 9.96. The van der Waals surface area contributed by atoms with Crippen molar-refractivity contribution in [1.29, 1.82) is 0 Å². The number of nitrogens with one attached hydrogen (secondary N) is 1. The molecule has 0 fully saturated rings. The number of thioether (sulfide) groups is 1. The van der Waals surface area contributed by atoms with E-state index in [4.69, 9.17) is 4.74 Å². The lowest BCUT2D eigenvalue weighted by Crippen LogP contribution is -2.39. The average molecular weight is 490 g/mol. The summed E-state index contributed by atoms with van der Waals surface area (Å²) >= 11 is 2.97. The summed E-state index contributed by atoms with van der Waals surface area (Å²) in [6.45, 7) is 3.82. The molecule has 34 heavy (non-hydrogen) atoms. The fourth-order valence-corrected chi connectivity index (χ4v) is 5.69. The first-order valence-corrected chi connectivity index (χ1v) is 13.0. The molecule has 0 spiro atoms. The van der Waals surface area contributed by atoms with Crippen molar-refractivity contribution in [2.75, 3.05) is 12.9 Å². The van der Waals surface area contributed by atoms with E-state index < -0.39 is 12.0 Å². The predicted octanol–water partition coefficient (Wildman–Crippen LogP) is 4.00. The fourth-order valence-electron chi connectivity index (χ4n) is 4.25. The largest absolute Gasteiger partial charge is 0.463 e. The molecule has 1 atom stereocenters. The van der Waals surface area contributed by atoms with Crippen LogP contribution in [0.2, 0.25) is 0 Å². The molecule has 3 heterocycles. The van der Waals surface area contributed by atoms with Crippen LogP contribution in [0.5, 0.6) is 0 Å². The Kier molecular flexibility index (Phi) is 6.02. The third-order valence-corrected chi connectivity index (χ3v) is 7.58. The third-order valence-electron chi connectivity index (χ3n) is 5.86. The van der Waals surface area contributed by atoms with Gasteiger partial charge >= 0.3 is 5.97 Å². The molecule has 8 heteroatoms. The monoisotopic (exact) mass is 489 g/mol. The Balaban J connectivity index is 1.73. The van der Waals surface area contributed by atoms with Crippen LogP contribution in [0.25, 0.3) is 17.0 Å². The van der Waals surface area contributed by atoms with Gasteiger partial charge in [0.05, 0.1) is 28.5 Å². The highest BCUT2D eigenvalue weighted by Crippen LogP contribution is 2.31. The second-order valence-corrected chi connectivity index (χ2v) is 9.75. The number of allylic oxidation sites excluding steroid dienone is 1. The number of fused-ring (bicyclic) bond motifs is 2. The second-order valence-electron chi connectivity index (χ2n) is 7.87. The summed E-state index contributed by atoms with van der Waals surface area (Å²) in [5, 5.41) is 1.04. The van der Waals surface area contributed by atoms with Crippen LogP contribution in [0, 0.1) is 0 Å². The number of ether oxygens (including phenoxy) is 1. The zero-order chi connectivity index (χ0) is 23.8. The summed E-state index contributed by atoms with van der Waals surface area (Å²) in [6.07, 6.45) is 5.80. The Labute approximate surface area is 204 Å². The quantitative estimate of drug-likeness (QED) is 0.340. The highest BCUT2D eigenvalue weighted by molar-refractivity contribution is 7.98. The van der Waals surface area contributed by atoms with E-state index in [1.807, 2.05) is 67.1 Å². The minimum Gasteiger partial charge on any atom is -0.463 e. The van der Waals surface area contributed by atoms with Crippen LogP contribution in [-0.4, -0.2) is 28.4 Å². The van der Waals surface area contributed by atoms with E-state index in [9.17, 15) is 9.59 Å². The molecule has 0 aliphatic carbocycles. The van der Waals surface area contributed by atoms with E-state index in [1.165, 1.54) is 11.3 Å². The Morgan fingerprint density at radius 3 is 2.74 bits per heavy atom. The first kappa shape index (κ1) is 22.4. The van der Waals surface area contributed by atoms with Gasteiger partial charge in [0, 0.05) is 27.6 Å². The second kappa shape index (κ2) is 9.12. The molecule has 1 aliphatic rings. The Morgan fingerprint density at radius 2 is 2.00 bits per heavy atom. The Hall–Kier alpha value is -3.36. The summed E-state index contributed by atoms with van der Waals surface area (Å²) in [5.74, 6) is -0.450. The van der Waals surface area contributed by atoms with Crippen molar-refractivity contribution in [2.24, 2.45) is 4.99 Å². The molecular formula is C26H23N3O3S2. The number of hydrogen-bond donors (Lipinski definition) is 1. The maximum absolute atomic E-state index is 13.7. The van der Waals surface area contributed by atoms with Gasteiger partial charge in [-0.25, -0.2) is 9.79 Å². The van der Waals surface area contributed by atoms with Crippen molar-refractivity contribution in [1.82, 2.24) is 9.55 Å². The normalized spacial score (nSPS) is 16.0. The lowest BCUT2D eigenvalue weighted by Gasteiger charge is -2.24. The van der Waals surface area contributed by atoms with Crippen molar-refractivity contribution < 1.29 is 9.53 Å². The van der Waals surface area contributed by atoms with Gasteiger partial charge < -0.3 is 9.72 Å². The number of carbonyl (C=O) groups excluding carboxylic acids is 1. The highest BCUT2D eigenvalue weighted by Gasteiger charge is 2.33. The first-order chi connectivity index (χ1) is 16.5. The first-order valence-electron chi connectivity index (χ1n) is 10.9. The number of H-pyrrole nitrogens is 1. The third kappa shape index (κ3) is 3.82. The zero-order valence-electron chi connectivity index (χ0n) is 19.0. The number of esters is 1. The minimum absolute atomic E-state index is 0.178. The summed E-state index contributed by atoms with van der Waals surface area (Å²) in [7, 11) is 0. The molecule has 0 radical (unpaired) electrons. The smallest absolute Gasteiger partial charge is 0.338 e. The average Bonchev–Trinajstić information content (AvgIpc) is 3.39. The number of aromatic nitrogens is 2. The van der Waals surface area contributed by atoms with Crippen LogP contribution >= 0.6 is 23.1 Å². The van der Waals surface area contributed by atoms with Crippen molar-refractivity contribution in [3.8, 4) is 0 Å². The van der Waals surface area contributed by atoms with Gasteiger partial charge in [-0.2, -0.15) is 0 Å². The predicted molar refractivity (Wildman–Crippen MR) is 137 cm³/mol. The van der Waals surface area contributed by atoms with Crippen molar-refractivity contribution >= 4 is 46.0 Å². The molecule has 1 aliphatic heterocycles. The van der Waals surface area contributed by atoms with Crippen LogP contribution in [-0.2, 0) is 9.53 Å². The van der Waals surface area contributed by atoms with E-state index in [0.29, 0.717) is 20.6 Å². The molecule has 0 saturated heterocycles. The van der Waals surface area contributed by atoms with Crippen molar-refractivity contribution in [3.05, 3.63) is 96.8 Å². The molecule has 0 unspecified atom stereocenters. The number of rotatable bonds is 5. The number of thiazole rings is 1. The van der Waals surface area contributed by atoms with E-state index in [1.54, 1.807) is 30.2 Å². The van der Waals surface area contributed by atoms with E-state index >= 15 is 0 Å². The van der Waals surface area contributed by atoms with Crippen LogP contribution in [0.3, 0.4) is 0 Å². The van der Waals surface area contributed by atoms with Crippen molar-refractivity contribution in [3.63, 3.8) is 0 Å². The van der Waals surface area contributed by atoms with Gasteiger partial charge in [0.25, 0.3) is 5.56 Å². The van der Waals surface area contributed by atoms with Gasteiger partial charge in [-0.3, -0.25) is 9.36 Å². The summed E-state index contributed by atoms with van der Waals surface area (Å²) < 4.78 is 7.54. The van der Waals surface area contributed by atoms with E-state index in [2.05, 4.69) is 9.98 Å². The maximum atomic E-state index is 13.7. The van der Waals surface area contributed by atoms with Gasteiger partial charge in [-0.1, -0.05) is 41.7 Å². The molecule has 1 N–H and O–H groups in total. The zero-order valence-corrected chi connectivity index (χ0v) is 20.6. The van der Waals surface area contributed by atoms with Gasteiger partial charge in [-0.05, 0) is 49.9 Å². The molecule has 6 nitrogen and oxygen atoms in total. The molecule has 0 saturated carbocycles. The van der Waals surface area contributed by atoms with Gasteiger partial charge in [-0.15, -0.1) is 11.8 Å². The van der Waals surface area contributed by atoms with Crippen LogP contribution in [0.4, 0.5) is 0 Å². The number of benzene rings is 2. The molecular weight excluding hydrogens is 466 g/mol. The molecule has 0 amide bonds. The van der Waals surface area contributed by atoms with Crippen LogP contribution in [0.1, 0.15) is 31.0 Å². The number of nitrogens with zero attached hydrogens (tertiary/aromatic N) is 2. The molecule has 5 rings (SSSR count). The maximum Gasteiger partial charge on any atom is 0.338 e. The minimum atomic E-state index is -0.601. The Morgan fingerprint density at radius 1 is 1.24 bits per heavy atom. The summed E-state index contributed by atoms with van der Waals surface area (Å²) in [6, 6.07) is 15.3. The fraction of sp³-hybridized carbons (Fsp3) is 0.192. The van der Waals surface area contributed by atoms with E-state index in [0.717, 1.165) is 26.9 Å². The number of carbonyl (C=O) groups is 1. The van der Waals surface area contributed by atoms with Gasteiger partial charge in [0.2, 0.25) is 0 Å². The Bertz CT molecular complexity index is 1610. The molecule has 172 valence electrons. The van der Waals surface area contributed by atoms with Crippen LogP contribution in [0.15, 0.2) is 80.7 Å². The molecule has 4 aromatic rings. The topological polar surface area (TPSA) is 76.4 Å². The van der Waals surface area contributed by atoms with Gasteiger partial charge in [0.15, 0.2) is 4.80 Å². The number of para-hydroxylation sites is 1. The standard InChI is InChI=1S/C26H23N3O3S2/c1-4-32-25(31)22-15(2)28-26-29(23(22)16-9-11-18(33-3)12-10-16)24(30)21(34-26)13-17-14-27-20-8-6-5-7-19(17)20/h5-14,23,27H,4H2,1-3H3/b21-13-/t23-/m0/s1. The SMILES string of the molecule is CCOC(=O)C1=C(C)N=c2s/c(=C\c3c[nH]c4ccccc34)c(=O)n2[C@H]1c1ccc(SC)cc1. The molecule has 0 bridgehead atoms. The number of hydrogen-bond acceptors (Lipinski definition) is 6. The summed E-state index contributed by atoms with van der Waals surface area (Å²) in [4.78, 5) is 36.3.